The highest BCUT2D eigenvalue weighted by atomic mass is 32.1. The summed E-state index contributed by atoms with van der Waals surface area (Å²) in [5.41, 5.74) is 8.47. The molecule has 1 unspecified atom stereocenters. The van der Waals surface area contributed by atoms with Gasteiger partial charge in [-0.1, -0.05) is 30.4 Å². The van der Waals surface area contributed by atoms with Crippen molar-refractivity contribution in [3.8, 4) is 0 Å². The van der Waals surface area contributed by atoms with Crippen LogP contribution in [-0.2, 0) is 6.42 Å². The predicted molar refractivity (Wildman–Crippen MR) is 73.8 cm³/mol. The average Bonchev–Trinajstić information content (AvgIpc) is 2.93. The van der Waals surface area contributed by atoms with E-state index in [1.807, 2.05) is 0 Å². The van der Waals surface area contributed by atoms with Gasteiger partial charge in [-0.25, -0.2) is 4.98 Å². The summed E-state index contributed by atoms with van der Waals surface area (Å²) in [6, 6.07) is 6.76. The van der Waals surface area contributed by atoms with Crippen LogP contribution in [-0.4, -0.2) is 24.1 Å². The first-order chi connectivity index (χ1) is 8.28. The Bertz CT molecular complexity index is 534. The first-order valence-electron chi connectivity index (χ1n) is 6.17. The van der Waals surface area contributed by atoms with Gasteiger partial charge in [0.2, 0.25) is 0 Å². The van der Waals surface area contributed by atoms with E-state index in [0.717, 1.165) is 31.1 Å². The van der Waals surface area contributed by atoms with E-state index in [-0.39, 0.29) is 0 Å². The van der Waals surface area contributed by atoms with Gasteiger partial charge in [0, 0.05) is 19.1 Å². The molecule has 0 spiro atoms. The molecule has 1 aromatic carbocycles. The van der Waals surface area contributed by atoms with Crippen LogP contribution < -0.4 is 10.6 Å². The fraction of sp³-hybridized carbons (Fsp3) is 0.462. The molecule has 0 radical (unpaired) electrons. The number of rotatable bonds is 2. The molecule has 1 fully saturated rings. The van der Waals surface area contributed by atoms with Crippen LogP contribution in [0.2, 0.25) is 0 Å². The molecule has 90 valence electrons. The van der Waals surface area contributed by atoms with Crippen molar-refractivity contribution in [2.24, 2.45) is 5.73 Å². The predicted octanol–water partition coefficient (Wildman–Crippen LogP) is 2.40. The van der Waals surface area contributed by atoms with Gasteiger partial charge in [-0.05, 0) is 24.5 Å². The van der Waals surface area contributed by atoms with Crippen LogP contribution in [0.15, 0.2) is 18.2 Å². The standard InChI is InChI=1S/C13H17N3S/c1-2-9-4-3-5-11-12(9)15-13(17-11)16-7-6-10(14)8-16/h3-5,10H,2,6-8,14H2,1H3. The molecule has 1 aliphatic rings. The molecule has 17 heavy (non-hydrogen) atoms. The zero-order valence-electron chi connectivity index (χ0n) is 10.0. The third kappa shape index (κ3) is 1.91. The Morgan fingerprint density at radius 2 is 2.41 bits per heavy atom. The Morgan fingerprint density at radius 1 is 1.53 bits per heavy atom. The van der Waals surface area contributed by atoms with Crippen LogP contribution in [0.1, 0.15) is 18.9 Å². The number of hydrogen-bond donors (Lipinski definition) is 1. The number of nitrogens with two attached hydrogens (primary N) is 1. The lowest BCUT2D eigenvalue weighted by molar-refractivity contribution is 0.752. The maximum Gasteiger partial charge on any atom is 0.186 e. The van der Waals surface area contributed by atoms with Crippen molar-refractivity contribution in [1.82, 2.24) is 4.98 Å². The van der Waals surface area contributed by atoms with E-state index in [2.05, 4.69) is 30.0 Å². The van der Waals surface area contributed by atoms with Gasteiger partial charge in [0.1, 0.15) is 0 Å². The Kier molecular flexibility index (Phi) is 2.76. The summed E-state index contributed by atoms with van der Waals surface area (Å²) in [5.74, 6) is 0. The Labute approximate surface area is 105 Å². The number of anilines is 1. The molecule has 4 heteroatoms. The summed E-state index contributed by atoms with van der Waals surface area (Å²) in [5, 5.41) is 1.13. The minimum absolute atomic E-state index is 0.313. The SMILES string of the molecule is CCc1cccc2sc(N3CCC(N)C3)nc12. The summed E-state index contributed by atoms with van der Waals surface area (Å²) in [7, 11) is 0. The van der Waals surface area contributed by atoms with E-state index in [0.29, 0.717) is 6.04 Å². The second kappa shape index (κ2) is 4.27. The highest BCUT2D eigenvalue weighted by Gasteiger charge is 2.22. The Balaban J connectivity index is 2.01. The minimum atomic E-state index is 0.313. The zero-order valence-corrected chi connectivity index (χ0v) is 10.8. The van der Waals surface area contributed by atoms with Crippen LogP contribution >= 0.6 is 11.3 Å². The normalized spacial score (nSPS) is 20.4. The van der Waals surface area contributed by atoms with E-state index in [9.17, 15) is 0 Å². The first kappa shape index (κ1) is 11.0. The van der Waals surface area contributed by atoms with Gasteiger partial charge in [-0.15, -0.1) is 0 Å². The number of nitrogens with zero attached hydrogens (tertiary/aromatic N) is 2. The van der Waals surface area contributed by atoms with Gasteiger partial charge < -0.3 is 10.6 Å². The van der Waals surface area contributed by atoms with Crippen molar-refractivity contribution in [2.75, 3.05) is 18.0 Å². The highest BCUT2D eigenvalue weighted by molar-refractivity contribution is 7.22. The molecule has 2 aromatic rings. The second-order valence-corrected chi connectivity index (χ2v) is 5.62. The number of aromatic nitrogens is 1. The van der Waals surface area contributed by atoms with Gasteiger partial charge in [0.15, 0.2) is 5.13 Å². The third-order valence-electron chi connectivity index (χ3n) is 3.37. The topological polar surface area (TPSA) is 42.1 Å². The number of para-hydroxylation sites is 1. The van der Waals surface area contributed by atoms with Gasteiger partial charge >= 0.3 is 0 Å². The van der Waals surface area contributed by atoms with Crippen LogP contribution in [0, 0.1) is 0 Å². The zero-order chi connectivity index (χ0) is 11.8. The lowest BCUT2D eigenvalue weighted by Gasteiger charge is -2.12. The molecule has 1 aliphatic heterocycles. The minimum Gasteiger partial charge on any atom is -0.346 e. The van der Waals surface area contributed by atoms with Crippen molar-refractivity contribution >= 4 is 26.7 Å². The van der Waals surface area contributed by atoms with Crippen LogP contribution in [0.4, 0.5) is 5.13 Å². The quantitative estimate of drug-likeness (QED) is 0.886. The molecule has 2 heterocycles. The van der Waals surface area contributed by atoms with E-state index in [4.69, 9.17) is 10.7 Å². The molecule has 1 atom stereocenters. The van der Waals surface area contributed by atoms with Crippen molar-refractivity contribution in [1.29, 1.82) is 0 Å². The van der Waals surface area contributed by atoms with Crippen LogP contribution in [0.25, 0.3) is 10.2 Å². The second-order valence-electron chi connectivity index (χ2n) is 4.61. The van der Waals surface area contributed by atoms with Gasteiger partial charge in [0.05, 0.1) is 10.2 Å². The van der Waals surface area contributed by atoms with Crippen LogP contribution in [0.5, 0.6) is 0 Å². The molecule has 0 aliphatic carbocycles. The van der Waals surface area contributed by atoms with E-state index < -0.39 is 0 Å². The molecule has 1 aromatic heterocycles. The molecule has 0 amide bonds. The molecule has 0 saturated carbocycles. The third-order valence-corrected chi connectivity index (χ3v) is 4.45. The largest absolute Gasteiger partial charge is 0.346 e. The fourth-order valence-corrected chi connectivity index (χ4v) is 3.42. The molecular weight excluding hydrogens is 230 g/mol. The first-order valence-corrected chi connectivity index (χ1v) is 6.98. The van der Waals surface area contributed by atoms with Gasteiger partial charge in [-0.3, -0.25) is 0 Å². The maximum absolute atomic E-state index is 5.95. The van der Waals surface area contributed by atoms with Crippen molar-refractivity contribution in [3.63, 3.8) is 0 Å². The van der Waals surface area contributed by atoms with Crippen LogP contribution in [0.3, 0.4) is 0 Å². The number of thiazole rings is 1. The summed E-state index contributed by atoms with van der Waals surface area (Å²) in [4.78, 5) is 7.10. The van der Waals surface area contributed by atoms with E-state index in [1.54, 1.807) is 11.3 Å². The molecular formula is C13H17N3S. The van der Waals surface area contributed by atoms with Crippen molar-refractivity contribution < 1.29 is 0 Å². The lowest BCUT2D eigenvalue weighted by Crippen LogP contribution is -2.26. The molecule has 0 bridgehead atoms. The fourth-order valence-electron chi connectivity index (χ4n) is 2.38. The number of aryl methyl sites for hydroxylation is 1. The van der Waals surface area contributed by atoms with Gasteiger partial charge in [0.25, 0.3) is 0 Å². The van der Waals surface area contributed by atoms with E-state index in [1.165, 1.54) is 15.8 Å². The van der Waals surface area contributed by atoms with E-state index >= 15 is 0 Å². The molecule has 3 rings (SSSR count). The number of benzene rings is 1. The maximum atomic E-state index is 5.95. The number of hydrogen-bond acceptors (Lipinski definition) is 4. The number of fused-ring (bicyclic) bond motifs is 1. The molecule has 2 N–H and O–H groups in total. The monoisotopic (exact) mass is 247 g/mol. The summed E-state index contributed by atoms with van der Waals surface area (Å²) < 4.78 is 1.29. The summed E-state index contributed by atoms with van der Waals surface area (Å²) in [6.45, 7) is 4.17. The Morgan fingerprint density at radius 3 is 3.12 bits per heavy atom. The van der Waals surface area contributed by atoms with Crippen molar-refractivity contribution in [3.05, 3.63) is 23.8 Å². The summed E-state index contributed by atoms with van der Waals surface area (Å²) in [6.07, 6.45) is 2.12. The molecule has 1 saturated heterocycles. The smallest absolute Gasteiger partial charge is 0.186 e. The highest BCUT2D eigenvalue weighted by Crippen LogP contribution is 2.32. The average molecular weight is 247 g/mol. The molecule has 3 nitrogen and oxygen atoms in total. The lowest BCUT2D eigenvalue weighted by atomic mass is 10.1. The Hall–Kier alpha value is -1.13. The van der Waals surface area contributed by atoms with Gasteiger partial charge in [-0.2, -0.15) is 0 Å². The summed E-state index contributed by atoms with van der Waals surface area (Å²) >= 11 is 1.79. The van der Waals surface area contributed by atoms with Crippen molar-refractivity contribution in [2.45, 2.75) is 25.8 Å².